The lowest BCUT2D eigenvalue weighted by molar-refractivity contribution is -0.141. The lowest BCUT2D eigenvalue weighted by atomic mass is 10.1. The molecule has 96 valence electrons. The number of halogens is 2. The minimum absolute atomic E-state index is 0.112. The van der Waals surface area contributed by atoms with Crippen molar-refractivity contribution in [1.82, 2.24) is 0 Å². The maximum absolute atomic E-state index is 13.8. The van der Waals surface area contributed by atoms with Gasteiger partial charge in [-0.2, -0.15) is 5.26 Å². The maximum Gasteiger partial charge on any atom is 0.306 e. The number of carboxylic acid groups (broad SMARTS) is 1. The van der Waals surface area contributed by atoms with E-state index < -0.39 is 17.7 Å². The van der Waals surface area contributed by atoms with Gasteiger partial charge in [0.15, 0.2) is 5.82 Å². The van der Waals surface area contributed by atoms with E-state index in [0.29, 0.717) is 13.0 Å². The van der Waals surface area contributed by atoms with E-state index in [1.165, 1.54) is 12.1 Å². The summed E-state index contributed by atoms with van der Waals surface area (Å²) in [6.07, 6.45) is 0.395. The molecule has 0 radical (unpaired) electrons. The molecule has 4 nitrogen and oxygen atoms in total. The molecule has 0 bridgehead atoms. The summed E-state index contributed by atoms with van der Waals surface area (Å²) >= 11 is 3.00. The minimum atomic E-state index is -0.877. The molecule has 0 aliphatic carbocycles. The number of anilines is 1. The van der Waals surface area contributed by atoms with Gasteiger partial charge in [0.1, 0.15) is 6.07 Å². The van der Waals surface area contributed by atoms with Crippen LogP contribution in [-0.4, -0.2) is 17.6 Å². The zero-order valence-electron chi connectivity index (χ0n) is 9.70. The Morgan fingerprint density at radius 1 is 1.67 bits per heavy atom. The Kier molecular flexibility index (Phi) is 5.10. The molecule has 0 spiro atoms. The summed E-state index contributed by atoms with van der Waals surface area (Å²) < 4.78 is 13.9. The van der Waals surface area contributed by atoms with E-state index >= 15 is 0 Å². The Hall–Kier alpha value is -1.61. The molecule has 1 aromatic carbocycles. The molecule has 0 amide bonds. The summed E-state index contributed by atoms with van der Waals surface area (Å²) in [5, 5.41) is 20.2. The monoisotopic (exact) mass is 314 g/mol. The van der Waals surface area contributed by atoms with E-state index in [4.69, 9.17) is 10.4 Å². The van der Waals surface area contributed by atoms with E-state index in [-0.39, 0.29) is 15.7 Å². The van der Waals surface area contributed by atoms with E-state index in [2.05, 4.69) is 21.2 Å². The second kappa shape index (κ2) is 6.36. The van der Waals surface area contributed by atoms with Gasteiger partial charge in [-0.1, -0.05) is 6.92 Å². The Bertz CT molecular complexity index is 500. The molecule has 0 aromatic heterocycles. The van der Waals surface area contributed by atoms with Crippen LogP contribution in [0.5, 0.6) is 0 Å². The van der Waals surface area contributed by atoms with E-state index in [0.717, 1.165) is 0 Å². The fraction of sp³-hybridized carbons (Fsp3) is 0.333. The average molecular weight is 315 g/mol. The van der Waals surface area contributed by atoms with Crippen molar-refractivity contribution < 1.29 is 14.3 Å². The summed E-state index contributed by atoms with van der Waals surface area (Å²) in [5.41, 5.74) is 0.468. The van der Waals surface area contributed by atoms with Crippen LogP contribution in [0.2, 0.25) is 0 Å². The van der Waals surface area contributed by atoms with Crippen LogP contribution in [0, 0.1) is 23.1 Å². The molecule has 0 fully saturated rings. The molecule has 1 unspecified atom stereocenters. The van der Waals surface area contributed by atoms with Crippen molar-refractivity contribution in [2.75, 3.05) is 11.9 Å². The number of rotatable bonds is 5. The maximum atomic E-state index is 13.8. The van der Waals surface area contributed by atoms with Crippen molar-refractivity contribution in [2.45, 2.75) is 13.3 Å². The third-order valence-electron chi connectivity index (χ3n) is 2.52. The smallest absolute Gasteiger partial charge is 0.306 e. The van der Waals surface area contributed by atoms with Gasteiger partial charge in [0.25, 0.3) is 0 Å². The third kappa shape index (κ3) is 3.44. The molecule has 0 heterocycles. The van der Waals surface area contributed by atoms with Gasteiger partial charge in [0.05, 0.1) is 21.6 Å². The number of nitrogens with one attached hydrogen (secondary N) is 1. The first-order valence-corrected chi connectivity index (χ1v) is 6.11. The van der Waals surface area contributed by atoms with Crippen molar-refractivity contribution in [2.24, 2.45) is 5.92 Å². The molecule has 0 saturated heterocycles. The SMILES string of the molecule is CC(CCNc1ccc(C#N)c(Br)c1F)C(=O)O. The number of carbonyl (C=O) groups is 1. The number of hydrogen-bond donors (Lipinski definition) is 2. The summed E-state index contributed by atoms with van der Waals surface area (Å²) in [6, 6.07) is 4.82. The van der Waals surface area contributed by atoms with Crippen molar-refractivity contribution in [3.05, 3.63) is 28.0 Å². The van der Waals surface area contributed by atoms with E-state index in [1.807, 2.05) is 6.07 Å². The zero-order chi connectivity index (χ0) is 13.7. The first-order valence-electron chi connectivity index (χ1n) is 5.32. The van der Waals surface area contributed by atoms with Gasteiger partial charge in [0.2, 0.25) is 0 Å². The molecule has 0 aliphatic rings. The van der Waals surface area contributed by atoms with Gasteiger partial charge in [-0.25, -0.2) is 4.39 Å². The molecular formula is C12H12BrFN2O2. The number of hydrogen-bond acceptors (Lipinski definition) is 3. The third-order valence-corrected chi connectivity index (χ3v) is 3.29. The average Bonchev–Trinajstić information content (AvgIpc) is 2.34. The van der Waals surface area contributed by atoms with Gasteiger partial charge in [-0.15, -0.1) is 0 Å². The fourth-order valence-electron chi connectivity index (χ4n) is 1.32. The van der Waals surface area contributed by atoms with Gasteiger partial charge in [-0.05, 0) is 34.5 Å². The quantitative estimate of drug-likeness (QED) is 0.876. The predicted octanol–water partition coefficient (Wildman–Crippen LogP) is 2.98. The van der Waals surface area contributed by atoms with Crippen LogP contribution < -0.4 is 5.32 Å². The molecule has 6 heteroatoms. The highest BCUT2D eigenvalue weighted by Crippen LogP contribution is 2.26. The molecule has 2 N–H and O–H groups in total. The number of aliphatic carboxylic acids is 1. The van der Waals surface area contributed by atoms with Crippen LogP contribution in [0.3, 0.4) is 0 Å². The largest absolute Gasteiger partial charge is 0.481 e. The summed E-state index contributed by atoms with van der Waals surface area (Å²) in [6.45, 7) is 1.94. The van der Waals surface area contributed by atoms with Crippen LogP contribution in [-0.2, 0) is 4.79 Å². The molecule has 0 saturated carbocycles. The van der Waals surface area contributed by atoms with Crippen LogP contribution in [0.25, 0.3) is 0 Å². The summed E-state index contributed by atoms with van der Waals surface area (Å²) in [4.78, 5) is 10.6. The molecule has 18 heavy (non-hydrogen) atoms. The zero-order valence-corrected chi connectivity index (χ0v) is 11.3. The highest BCUT2D eigenvalue weighted by molar-refractivity contribution is 9.10. The van der Waals surface area contributed by atoms with E-state index in [9.17, 15) is 9.18 Å². The highest BCUT2D eigenvalue weighted by atomic mass is 79.9. The summed E-state index contributed by atoms with van der Waals surface area (Å²) in [7, 11) is 0. The number of nitrogens with zero attached hydrogens (tertiary/aromatic N) is 1. The van der Waals surface area contributed by atoms with Gasteiger partial charge >= 0.3 is 5.97 Å². The van der Waals surface area contributed by atoms with E-state index in [1.54, 1.807) is 6.92 Å². The Morgan fingerprint density at radius 2 is 2.33 bits per heavy atom. The lowest BCUT2D eigenvalue weighted by Gasteiger charge is -2.10. The Morgan fingerprint density at radius 3 is 2.89 bits per heavy atom. The number of carboxylic acids is 1. The first-order chi connectivity index (χ1) is 8.47. The normalized spacial score (nSPS) is 11.7. The predicted molar refractivity (Wildman–Crippen MR) is 68.7 cm³/mol. The fourth-order valence-corrected chi connectivity index (χ4v) is 1.75. The molecule has 1 rings (SSSR count). The van der Waals surface area contributed by atoms with Crippen molar-refractivity contribution in [3.63, 3.8) is 0 Å². The van der Waals surface area contributed by atoms with Crippen molar-refractivity contribution in [1.29, 1.82) is 5.26 Å². The number of nitriles is 1. The Labute approximate surface area is 113 Å². The first kappa shape index (κ1) is 14.5. The van der Waals surface area contributed by atoms with Gasteiger partial charge < -0.3 is 10.4 Å². The molecule has 1 aromatic rings. The number of benzene rings is 1. The van der Waals surface area contributed by atoms with Gasteiger partial charge in [0, 0.05) is 6.54 Å². The molecular weight excluding hydrogens is 303 g/mol. The Balaban J connectivity index is 2.67. The van der Waals surface area contributed by atoms with Crippen LogP contribution in [0.1, 0.15) is 18.9 Å². The second-order valence-corrected chi connectivity index (χ2v) is 4.65. The van der Waals surface area contributed by atoms with Crippen LogP contribution in [0.15, 0.2) is 16.6 Å². The highest BCUT2D eigenvalue weighted by Gasteiger charge is 2.13. The van der Waals surface area contributed by atoms with Crippen molar-refractivity contribution >= 4 is 27.6 Å². The standard InChI is InChI=1S/C12H12BrFN2O2/c1-7(12(17)18)4-5-16-9-3-2-8(6-15)10(13)11(9)14/h2-3,7,16H,4-5H2,1H3,(H,17,18). The molecule has 1 atom stereocenters. The topological polar surface area (TPSA) is 73.1 Å². The van der Waals surface area contributed by atoms with Crippen LogP contribution >= 0.6 is 15.9 Å². The van der Waals surface area contributed by atoms with Crippen molar-refractivity contribution in [3.8, 4) is 6.07 Å². The molecule has 0 aliphatic heterocycles. The minimum Gasteiger partial charge on any atom is -0.481 e. The van der Waals surface area contributed by atoms with Gasteiger partial charge in [-0.3, -0.25) is 4.79 Å². The lowest BCUT2D eigenvalue weighted by Crippen LogP contribution is -2.15. The van der Waals surface area contributed by atoms with Crippen LogP contribution in [0.4, 0.5) is 10.1 Å². The second-order valence-electron chi connectivity index (χ2n) is 3.86. The summed E-state index contributed by atoms with van der Waals surface area (Å²) in [5.74, 6) is -1.90.